The number of benzene rings is 1. The van der Waals surface area contributed by atoms with Crippen LogP contribution < -0.4 is 5.69 Å². The third-order valence-electron chi connectivity index (χ3n) is 2.63. The standard InChI is InChI=1S/C12H9FN4O/c1-7-6-10-15-16-12(18)17(10)11(14-7)8-2-4-9(13)5-3-8/h2-6H,1H3,(H,16,18). The van der Waals surface area contributed by atoms with Crippen LogP contribution in [0.4, 0.5) is 4.39 Å². The Labute approximate surface area is 101 Å². The van der Waals surface area contributed by atoms with Gasteiger partial charge >= 0.3 is 5.69 Å². The van der Waals surface area contributed by atoms with Crippen LogP contribution in [0.1, 0.15) is 5.69 Å². The molecule has 0 aliphatic rings. The van der Waals surface area contributed by atoms with Crippen LogP contribution in [0.15, 0.2) is 35.1 Å². The van der Waals surface area contributed by atoms with Crippen molar-refractivity contribution < 1.29 is 4.39 Å². The maximum atomic E-state index is 12.9. The molecule has 18 heavy (non-hydrogen) atoms. The SMILES string of the molecule is Cc1cc2n[nH]c(=O)n2c(-c2ccc(F)cc2)n1. The first-order chi connectivity index (χ1) is 8.65. The van der Waals surface area contributed by atoms with E-state index in [2.05, 4.69) is 15.2 Å². The Bertz CT molecular complexity index is 773. The molecule has 0 aliphatic heterocycles. The van der Waals surface area contributed by atoms with Crippen LogP contribution in [0.2, 0.25) is 0 Å². The lowest BCUT2D eigenvalue weighted by Gasteiger charge is -2.04. The van der Waals surface area contributed by atoms with Gasteiger partial charge in [0.2, 0.25) is 0 Å². The van der Waals surface area contributed by atoms with E-state index in [9.17, 15) is 9.18 Å². The average molecular weight is 244 g/mol. The summed E-state index contributed by atoms with van der Waals surface area (Å²) in [5.74, 6) is 0.117. The van der Waals surface area contributed by atoms with Crippen LogP contribution in [0.25, 0.3) is 17.0 Å². The second-order valence-electron chi connectivity index (χ2n) is 3.95. The van der Waals surface area contributed by atoms with Gasteiger partial charge in [-0.25, -0.2) is 23.7 Å². The highest BCUT2D eigenvalue weighted by Crippen LogP contribution is 2.17. The number of H-pyrrole nitrogens is 1. The Morgan fingerprint density at radius 1 is 1.28 bits per heavy atom. The van der Waals surface area contributed by atoms with Crippen molar-refractivity contribution in [2.75, 3.05) is 0 Å². The second kappa shape index (κ2) is 3.76. The highest BCUT2D eigenvalue weighted by Gasteiger charge is 2.10. The first kappa shape index (κ1) is 10.6. The lowest BCUT2D eigenvalue weighted by Crippen LogP contribution is -2.13. The van der Waals surface area contributed by atoms with Crippen LogP contribution in [0.3, 0.4) is 0 Å². The highest BCUT2D eigenvalue weighted by molar-refractivity contribution is 5.59. The largest absolute Gasteiger partial charge is 0.349 e. The molecule has 0 unspecified atom stereocenters. The van der Waals surface area contributed by atoms with E-state index in [0.29, 0.717) is 17.0 Å². The lowest BCUT2D eigenvalue weighted by molar-refractivity contribution is 0.628. The van der Waals surface area contributed by atoms with Crippen molar-refractivity contribution in [3.05, 3.63) is 52.3 Å². The molecule has 1 N–H and O–H groups in total. The monoisotopic (exact) mass is 244 g/mol. The fraction of sp³-hybridized carbons (Fsp3) is 0.0833. The van der Waals surface area contributed by atoms with Crippen LogP contribution in [-0.2, 0) is 0 Å². The smallest absolute Gasteiger partial charge is 0.246 e. The summed E-state index contributed by atoms with van der Waals surface area (Å²) in [6.07, 6.45) is 0. The number of hydrogen-bond acceptors (Lipinski definition) is 3. The Morgan fingerprint density at radius 2 is 2.00 bits per heavy atom. The van der Waals surface area contributed by atoms with E-state index >= 15 is 0 Å². The average Bonchev–Trinajstić information content (AvgIpc) is 2.71. The fourth-order valence-electron chi connectivity index (χ4n) is 1.84. The number of halogens is 1. The quantitative estimate of drug-likeness (QED) is 0.706. The van der Waals surface area contributed by atoms with Crippen molar-refractivity contribution in [3.63, 3.8) is 0 Å². The van der Waals surface area contributed by atoms with Gasteiger partial charge in [-0.05, 0) is 31.2 Å². The number of rotatable bonds is 1. The van der Waals surface area contributed by atoms with E-state index in [1.807, 2.05) is 6.92 Å². The maximum Gasteiger partial charge on any atom is 0.349 e. The number of hydrogen-bond donors (Lipinski definition) is 1. The molecule has 0 spiro atoms. The lowest BCUT2D eigenvalue weighted by atomic mass is 10.2. The minimum Gasteiger partial charge on any atom is -0.246 e. The zero-order valence-electron chi connectivity index (χ0n) is 9.51. The summed E-state index contributed by atoms with van der Waals surface area (Å²) in [5.41, 5.74) is 1.53. The number of aromatic amines is 1. The topological polar surface area (TPSA) is 63.0 Å². The summed E-state index contributed by atoms with van der Waals surface area (Å²) in [7, 11) is 0. The van der Waals surface area contributed by atoms with Gasteiger partial charge in [0.05, 0.1) is 0 Å². The van der Waals surface area contributed by atoms with Gasteiger partial charge in [0.15, 0.2) is 5.65 Å². The summed E-state index contributed by atoms with van der Waals surface area (Å²) < 4.78 is 14.3. The molecular weight excluding hydrogens is 235 g/mol. The summed E-state index contributed by atoms with van der Waals surface area (Å²) in [4.78, 5) is 16.0. The third kappa shape index (κ3) is 1.58. The number of nitrogens with zero attached hydrogens (tertiary/aromatic N) is 3. The molecule has 0 atom stereocenters. The highest BCUT2D eigenvalue weighted by atomic mass is 19.1. The molecule has 0 bridgehead atoms. The molecule has 0 amide bonds. The first-order valence-corrected chi connectivity index (χ1v) is 5.36. The van der Waals surface area contributed by atoms with E-state index < -0.39 is 0 Å². The molecule has 0 aliphatic carbocycles. The molecule has 2 heterocycles. The molecule has 0 saturated heterocycles. The molecule has 2 aromatic heterocycles. The number of nitrogens with one attached hydrogen (secondary N) is 1. The molecule has 0 fully saturated rings. The van der Waals surface area contributed by atoms with Crippen LogP contribution in [0.5, 0.6) is 0 Å². The third-order valence-corrected chi connectivity index (χ3v) is 2.63. The summed E-state index contributed by atoms with van der Waals surface area (Å²) in [6, 6.07) is 7.52. The molecule has 0 saturated carbocycles. The zero-order valence-corrected chi connectivity index (χ0v) is 9.51. The van der Waals surface area contributed by atoms with Crippen molar-refractivity contribution in [2.24, 2.45) is 0 Å². The maximum absolute atomic E-state index is 12.9. The van der Waals surface area contributed by atoms with Crippen LogP contribution in [0, 0.1) is 12.7 Å². The molecule has 5 nitrogen and oxygen atoms in total. The van der Waals surface area contributed by atoms with Gasteiger partial charge in [-0.1, -0.05) is 0 Å². The van der Waals surface area contributed by atoms with Gasteiger partial charge in [0.25, 0.3) is 0 Å². The molecule has 1 aromatic carbocycles. The van der Waals surface area contributed by atoms with Crippen LogP contribution in [-0.4, -0.2) is 19.6 Å². The summed E-state index contributed by atoms with van der Waals surface area (Å²) in [6.45, 7) is 1.81. The Kier molecular flexibility index (Phi) is 2.22. The van der Waals surface area contributed by atoms with Gasteiger partial charge in [-0.2, -0.15) is 5.10 Å². The van der Waals surface area contributed by atoms with Gasteiger partial charge in [0, 0.05) is 17.3 Å². The van der Waals surface area contributed by atoms with Crippen molar-refractivity contribution >= 4 is 5.65 Å². The van der Waals surface area contributed by atoms with E-state index in [1.165, 1.54) is 16.5 Å². The van der Waals surface area contributed by atoms with E-state index in [0.717, 1.165) is 5.69 Å². The van der Waals surface area contributed by atoms with Gasteiger partial charge < -0.3 is 0 Å². The first-order valence-electron chi connectivity index (χ1n) is 5.36. The number of aryl methyl sites for hydroxylation is 1. The Balaban J connectivity index is 2.37. The number of aromatic nitrogens is 4. The summed E-state index contributed by atoms with van der Waals surface area (Å²) >= 11 is 0. The van der Waals surface area contributed by atoms with Crippen LogP contribution >= 0.6 is 0 Å². The van der Waals surface area contributed by atoms with Crippen molar-refractivity contribution in [1.82, 2.24) is 19.6 Å². The molecule has 0 radical (unpaired) electrons. The van der Waals surface area contributed by atoms with Gasteiger partial charge in [-0.3, -0.25) is 0 Å². The van der Waals surface area contributed by atoms with E-state index in [1.54, 1.807) is 18.2 Å². The molecular formula is C12H9FN4O. The normalized spacial score (nSPS) is 11.0. The number of fused-ring (bicyclic) bond motifs is 1. The predicted molar refractivity (Wildman–Crippen MR) is 63.7 cm³/mol. The Hall–Kier alpha value is -2.50. The fourth-order valence-corrected chi connectivity index (χ4v) is 1.84. The zero-order chi connectivity index (χ0) is 12.7. The minimum absolute atomic E-state index is 0.331. The van der Waals surface area contributed by atoms with E-state index in [-0.39, 0.29) is 11.5 Å². The van der Waals surface area contributed by atoms with Gasteiger partial charge in [-0.15, -0.1) is 0 Å². The second-order valence-corrected chi connectivity index (χ2v) is 3.95. The van der Waals surface area contributed by atoms with Gasteiger partial charge in [0.1, 0.15) is 11.6 Å². The Morgan fingerprint density at radius 3 is 2.72 bits per heavy atom. The van der Waals surface area contributed by atoms with Crippen molar-refractivity contribution in [2.45, 2.75) is 6.92 Å². The summed E-state index contributed by atoms with van der Waals surface area (Å²) in [5, 5.41) is 6.26. The molecule has 90 valence electrons. The van der Waals surface area contributed by atoms with E-state index in [4.69, 9.17) is 0 Å². The molecule has 3 rings (SSSR count). The minimum atomic E-state index is -0.364. The predicted octanol–water partition coefficient (Wildman–Crippen LogP) is 1.53. The van der Waals surface area contributed by atoms with Crippen molar-refractivity contribution in [3.8, 4) is 11.4 Å². The molecule has 3 aromatic rings. The molecule has 6 heteroatoms. The van der Waals surface area contributed by atoms with Crippen molar-refractivity contribution in [1.29, 1.82) is 0 Å².